The first-order chi connectivity index (χ1) is 18.9. The second-order valence-electron chi connectivity index (χ2n) is 8.70. The standard InChI is InChI=1S/C25H18ClF3N4O6S/c26-19-12-30-9-8-18(19)24-31-23(32-39-24)14-4-6-21-20(10-14)33(13-16(38-21)5-7-22(34)35)40(36,37)17-3-1-2-15(11-17)25(27,28)29/h1-4,6,8-12,16H,5,7,13H2,(H,34,35)/t16-/m0/s1. The van der Waals surface area contributed by atoms with E-state index in [0.717, 1.165) is 22.5 Å². The SMILES string of the molecule is O=C(O)CC[C@H]1CN(S(=O)(=O)c2cccc(C(F)(F)F)c2)c2cc(-c3noc(-c4ccncc4Cl)n3)ccc2O1. The first-order valence-corrected chi connectivity index (χ1v) is 13.4. The van der Waals surface area contributed by atoms with Gasteiger partial charge in [0.2, 0.25) is 5.82 Å². The third-order valence-electron chi connectivity index (χ3n) is 6.01. The zero-order chi connectivity index (χ0) is 28.7. The molecule has 0 aliphatic carbocycles. The number of pyridine rings is 1. The molecule has 1 atom stereocenters. The largest absolute Gasteiger partial charge is 0.486 e. The quantitative estimate of drug-likeness (QED) is 0.302. The van der Waals surface area contributed by atoms with E-state index in [0.29, 0.717) is 17.2 Å². The van der Waals surface area contributed by atoms with Crippen molar-refractivity contribution in [2.45, 2.75) is 30.0 Å². The summed E-state index contributed by atoms with van der Waals surface area (Å²) in [4.78, 5) is 18.7. The Morgan fingerprint density at radius 3 is 2.70 bits per heavy atom. The highest BCUT2D eigenvalue weighted by molar-refractivity contribution is 7.92. The van der Waals surface area contributed by atoms with Gasteiger partial charge in [0.25, 0.3) is 15.9 Å². The minimum atomic E-state index is -4.76. The van der Waals surface area contributed by atoms with Crippen LogP contribution in [0.3, 0.4) is 0 Å². The molecule has 208 valence electrons. The van der Waals surface area contributed by atoms with Crippen LogP contribution in [-0.2, 0) is 21.0 Å². The minimum absolute atomic E-state index is 0.00906. The van der Waals surface area contributed by atoms with Gasteiger partial charge in [-0.15, -0.1) is 0 Å². The predicted octanol–water partition coefficient (Wildman–Crippen LogP) is 5.29. The molecule has 15 heteroatoms. The molecule has 1 aliphatic rings. The van der Waals surface area contributed by atoms with Crippen LogP contribution in [0, 0.1) is 0 Å². The fraction of sp³-hybridized carbons (Fsp3) is 0.200. The van der Waals surface area contributed by atoms with Gasteiger partial charge in [0, 0.05) is 24.4 Å². The van der Waals surface area contributed by atoms with Crippen molar-refractivity contribution in [1.82, 2.24) is 15.1 Å². The molecule has 0 fully saturated rings. The molecule has 40 heavy (non-hydrogen) atoms. The number of carboxylic acid groups (broad SMARTS) is 1. The number of rotatable bonds is 7. The van der Waals surface area contributed by atoms with Crippen molar-refractivity contribution in [1.29, 1.82) is 0 Å². The summed E-state index contributed by atoms with van der Waals surface area (Å²) in [6.07, 6.45) is -3.10. The van der Waals surface area contributed by atoms with E-state index in [9.17, 15) is 26.4 Å². The highest BCUT2D eigenvalue weighted by atomic mass is 35.5. The van der Waals surface area contributed by atoms with Gasteiger partial charge in [-0.3, -0.25) is 14.1 Å². The summed E-state index contributed by atoms with van der Waals surface area (Å²) in [5.74, 6) is -0.866. The Morgan fingerprint density at radius 1 is 1.18 bits per heavy atom. The zero-order valence-electron chi connectivity index (χ0n) is 20.2. The predicted molar refractivity (Wildman–Crippen MR) is 135 cm³/mol. The van der Waals surface area contributed by atoms with Crippen LogP contribution in [0.15, 0.2) is 70.3 Å². The molecule has 1 N–H and O–H groups in total. The Kier molecular flexibility index (Phi) is 7.14. The molecule has 0 saturated carbocycles. The molecule has 0 saturated heterocycles. The van der Waals surface area contributed by atoms with Gasteiger partial charge in [0.05, 0.1) is 33.3 Å². The Morgan fingerprint density at radius 2 is 1.98 bits per heavy atom. The summed E-state index contributed by atoms with van der Waals surface area (Å²) < 4.78 is 79.5. The molecule has 5 rings (SSSR count). The molecule has 4 aromatic rings. The van der Waals surface area contributed by atoms with Gasteiger partial charge in [-0.25, -0.2) is 8.42 Å². The number of benzene rings is 2. The van der Waals surface area contributed by atoms with Crippen molar-refractivity contribution in [3.05, 3.63) is 71.5 Å². The molecule has 0 radical (unpaired) electrons. The number of hydrogen-bond acceptors (Lipinski definition) is 8. The molecule has 2 aromatic heterocycles. The van der Waals surface area contributed by atoms with Crippen molar-refractivity contribution in [2.75, 3.05) is 10.8 Å². The Bertz CT molecular complexity index is 1700. The number of ether oxygens (including phenoxy) is 1. The number of aromatic nitrogens is 3. The van der Waals surface area contributed by atoms with Crippen LogP contribution in [0.5, 0.6) is 5.75 Å². The molecule has 0 bridgehead atoms. The molecule has 2 aromatic carbocycles. The van der Waals surface area contributed by atoms with E-state index in [-0.39, 0.29) is 47.6 Å². The van der Waals surface area contributed by atoms with Gasteiger partial charge in [0.15, 0.2) is 0 Å². The normalized spacial score (nSPS) is 15.4. The molecule has 1 aliphatic heterocycles. The van der Waals surface area contributed by atoms with Crippen molar-refractivity contribution in [3.8, 4) is 28.6 Å². The van der Waals surface area contributed by atoms with E-state index in [2.05, 4.69) is 15.1 Å². The molecule has 3 heterocycles. The molecule has 10 nitrogen and oxygen atoms in total. The minimum Gasteiger partial charge on any atom is -0.486 e. The third-order valence-corrected chi connectivity index (χ3v) is 8.08. The van der Waals surface area contributed by atoms with Gasteiger partial charge in [-0.1, -0.05) is 22.8 Å². The maximum Gasteiger partial charge on any atom is 0.416 e. The van der Waals surface area contributed by atoms with E-state index >= 15 is 0 Å². The van der Waals surface area contributed by atoms with Crippen LogP contribution in [-0.4, -0.2) is 47.3 Å². The van der Waals surface area contributed by atoms with Crippen LogP contribution >= 0.6 is 11.6 Å². The van der Waals surface area contributed by atoms with E-state index in [1.807, 2.05) is 0 Å². The number of sulfonamides is 1. The second-order valence-corrected chi connectivity index (χ2v) is 11.0. The lowest BCUT2D eigenvalue weighted by Gasteiger charge is -2.35. The highest BCUT2D eigenvalue weighted by Crippen LogP contribution is 2.41. The first kappa shape index (κ1) is 27.4. The summed E-state index contributed by atoms with van der Waals surface area (Å²) in [6.45, 7) is -0.341. The van der Waals surface area contributed by atoms with Crippen molar-refractivity contribution in [3.63, 3.8) is 0 Å². The topological polar surface area (TPSA) is 136 Å². The van der Waals surface area contributed by atoms with Gasteiger partial charge in [-0.05, 0) is 48.9 Å². The number of aliphatic carboxylic acids is 1. The van der Waals surface area contributed by atoms with Crippen molar-refractivity contribution in [2.24, 2.45) is 0 Å². The van der Waals surface area contributed by atoms with Crippen LogP contribution < -0.4 is 9.04 Å². The summed E-state index contributed by atoms with van der Waals surface area (Å²) in [5.41, 5.74) is -0.385. The monoisotopic (exact) mass is 594 g/mol. The van der Waals surface area contributed by atoms with Crippen molar-refractivity contribution >= 4 is 33.3 Å². The lowest BCUT2D eigenvalue weighted by atomic mass is 10.1. The number of carboxylic acids is 1. The molecule has 0 spiro atoms. The van der Waals surface area contributed by atoms with Crippen LogP contribution in [0.2, 0.25) is 5.02 Å². The van der Waals surface area contributed by atoms with E-state index < -0.39 is 38.7 Å². The Labute approximate surface area is 230 Å². The lowest BCUT2D eigenvalue weighted by molar-refractivity contribution is -0.138. The summed E-state index contributed by atoms with van der Waals surface area (Å²) in [5, 5.41) is 13.3. The smallest absolute Gasteiger partial charge is 0.416 e. The maximum absolute atomic E-state index is 13.7. The van der Waals surface area contributed by atoms with E-state index in [1.54, 1.807) is 6.07 Å². The summed E-state index contributed by atoms with van der Waals surface area (Å²) in [6, 6.07) is 9.32. The van der Waals surface area contributed by atoms with Crippen LogP contribution in [0.4, 0.5) is 18.9 Å². The first-order valence-electron chi connectivity index (χ1n) is 11.6. The van der Waals surface area contributed by atoms with E-state index in [4.69, 9.17) is 26.0 Å². The molecule has 0 unspecified atom stereocenters. The number of carbonyl (C=O) groups is 1. The maximum atomic E-state index is 13.7. The van der Waals surface area contributed by atoms with E-state index in [1.165, 1.54) is 30.6 Å². The third kappa shape index (κ3) is 5.45. The lowest BCUT2D eigenvalue weighted by Crippen LogP contribution is -2.43. The molecular formula is C25H18ClF3N4O6S. The Hall–Kier alpha value is -4.17. The number of halogens is 4. The average molecular weight is 595 g/mol. The van der Waals surface area contributed by atoms with Gasteiger partial charge >= 0.3 is 12.1 Å². The molecular weight excluding hydrogens is 577 g/mol. The van der Waals surface area contributed by atoms with Gasteiger partial charge < -0.3 is 14.4 Å². The van der Waals surface area contributed by atoms with Crippen molar-refractivity contribution < 1.29 is 40.8 Å². The summed E-state index contributed by atoms with van der Waals surface area (Å²) in [7, 11) is -4.55. The summed E-state index contributed by atoms with van der Waals surface area (Å²) >= 11 is 6.15. The second kappa shape index (κ2) is 10.4. The van der Waals surface area contributed by atoms with Gasteiger partial charge in [0.1, 0.15) is 11.9 Å². The van der Waals surface area contributed by atoms with Crippen LogP contribution in [0.25, 0.3) is 22.8 Å². The number of fused-ring (bicyclic) bond motifs is 1. The number of alkyl halides is 3. The average Bonchev–Trinajstić information content (AvgIpc) is 3.41. The fourth-order valence-corrected chi connectivity index (χ4v) is 5.82. The zero-order valence-corrected chi connectivity index (χ0v) is 21.7. The Balaban J connectivity index is 1.57. The number of nitrogens with zero attached hydrogens (tertiary/aromatic N) is 4. The highest BCUT2D eigenvalue weighted by Gasteiger charge is 2.37. The molecule has 0 amide bonds. The van der Waals surface area contributed by atoms with Gasteiger partial charge in [-0.2, -0.15) is 18.2 Å². The number of anilines is 1. The van der Waals surface area contributed by atoms with Crippen LogP contribution in [0.1, 0.15) is 18.4 Å². The number of hydrogen-bond donors (Lipinski definition) is 1. The fourth-order valence-electron chi connectivity index (χ4n) is 4.07.